The van der Waals surface area contributed by atoms with Crippen molar-refractivity contribution in [3.63, 3.8) is 0 Å². The maximum absolute atomic E-state index is 11.5. The SMILES string of the molecule is O=S1SS[C@H]2[C@@H]3CC[C@@H](C3)[C@H]21. The van der Waals surface area contributed by atoms with Crippen molar-refractivity contribution < 1.29 is 4.21 Å². The number of rotatable bonds is 0. The van der Waals surface area contributed by atoms with E-state index in [4.69, 9.17) is 0 Å². The third kappa shape index (κ3) is 0.893. The molecule has 1 aliphatic heterocycles. The average Bonchev–Trinajstić information content (AvgIpc) is 2.60. The first-order valence-electron chi connectivity index (χ1n) is 4.10. The molecule has 1 saturated heterocycles. The molecule has 0 aromatic rings. The van der Waals surface area contributed by atoms with Crippen molar-refractivity contribution in [3.8, 4) is 0 Å². The van der Waals surface area contributed by atoms with Crippen LogP contribution in [0.1, 0.15) is 19.3 Å². The zero-order chi connectivity index (χ0) is 7.42. The molecule has 0 aromatic carbocycles. The summed E-state index contributed by atoms with van der Waals surface area (Å²) in [7, 11) is 2.98. The highest BCUT2D eigenvalue weighted by Gasteiger charge is 2.54. The van der Waals surface area contributed by atoms with Crippen LogP contribution < -0.4 is 0 Å². The molecule has 3 rings (SSSR count). The smallest absolute Gasteiger partial charge is 0.0957 e. The van der Waals surface area contributed by atoms with Crippen LogP contribution in [0.15, 0.2) is 0 Å². The first-order valence-corrected chi connectivity index (χ1v) is 8.05. The van der Waals surface area contributed by atoms with Gasteiger partial charge in [-0.1, -0.05) is 10.8 Å². The highest BCUT2D eigenvalue weighted by atomic mass is 33.5. The second-order valence-corrected chi connectivity index (χ2v) is 8.82. The molecular weight excluding hydrogens is 196 g/mol. The fourth-order valence-corrected chi connectivity index (χ4v) is 10.4. The highest BCUT2D eigenvalue weighted by molar-refractivity contribution is 9.07. The van der Waals surface area contributed by atoms with Gasteiger partial charge in [0.05, 0.1) is 15.1 Å². The fraction of sp³-hybridized carbons (Fsp3) is 1.00. The van der Waals surface area contributed by atoms with Crippen molar-refractivity contribution in [2.45, 2.75) is 29.8 Å². The summed E-state index contributed by atoms with van der Waals surface area (Å²) < 4.78 is 11.5. The Hall–Kier alpha value is 0.850. The second-order valence-electron chi connectivity index (χ2n) is 3.69. The molecular formula is C7H10OS3. The molecule has 2 saturated carbocycles. The third-order valence-electron chi connectivity index (χ3n) is 3.21. The Balaban J connectivity index is 1.97. The van der Waals surface area contributed by atoms with Gasteiger partial charge in [-0.25, -0.2) is 4.21 Å². The van der Waals surface area contributed by atoms with Crippen molar-refractivity contribution in [2.24, 2.45) is 11.8 Å². The summed E-state index contributed by atoms with van der Waals surface area (Å²) in [5.41, 5.74) is 0. The van der Waals surface area contributed by atoms with Gasteiger partial charge >= 0.3 is 0 Å². The lowest BCUT2D eigenvalue weighted by Crippen LogP contribution is -2.27. The van der Waals surface area contributed by atoms with Gasteiger partial charge in [-0.15, -0.1) is 0 Å². The molecule has 0 radical (unpaired) electrons. The van der Waals surface area contributed by atoms with E-state index in [1.165, 1.54) is 19.3 Å². The summed E-state index contributed by atoms with van der Waals surface area (Å²) in [6, 6.07) is 0. The Kier molecular flexibility index (Phi) is 1.60. The first kappa shape index (κ1) is 7.27. The summed E-state index contributed by atoms with van der Waals surface area (Å²) in [5.74, 6) is 1.75. The molecule has 2 bridgehead atoms. The minimum Gasteiger partial charge on any atom is -0.247 e. The zero-order valence-electron chi connectivity index (χ0n) is 6.06. The van der Waals surface area contributed by atoms with Crippen molar-refractivity contribution in [1.82, 2.24) is 0 Å². The molecule has 1 unspecified atom stereocenters. The Labute approximate surface area is 76.3 Å². The Morgan fingerprint density at radius 3 is 2.91 bits per heavy atom. The van der Waals surface area contributed by atoms with Crippen LogP contribution in [-0.2, 0) is 9.83 Å². The second kappa shape index (κ2) is 2.42. The standard InChI is InChI=1S/C7H10OS3/c8-11-7-5-2-1-4(3-5)6(7)9-10-11/h4-7H,1-3H2/t4-,5+,6+,7-,11?/m1/s1. The first-order chi connectivity index (χ1) is 5.36. The van der Waals surface area contributed by atoms with Crippen molar-refractivity contribution in [1.29, 1.82) is 0 Å². The summed E-state index contributed by atoms with van der Waals surface area (Å²) in [6.07, 6.45) is 4.16. The normalized spacial score (nSPS) is 60.2. The molecule has 0 spiro atoms. The van der Waals surface area contributed by atoms with Crippen molar-refractivity contribution in [3.05, 3.63) is 0 Å². The largest absolute Gasteiger partial charge is 0.247 e. The van der Waals surface area contributed by atoms with E-state index in [0.29, 0.717) is 5.25 Å². The van der Waals surface area contributed by atoms with E-state index in [-0.39, 0.29) is 0 Å². The summed E-state index contributed by atoms with van der Waals surface area (Å²) in [6.45, 7) is 0. The lowest BCUT2D eigenvalue weighted by atomic mass is 10.00. The molecule has 0 N–H and O–H groups in total. The van der Waals surface area contributed by atoms with Gasteiger partial charge < -0.3 is 0 Å². The monoisotopic (exact) mass is 206 g/mol. The van der Waals surface area contributed by atoms with Gasteiger partial charge in [0.25, 0.3) is 0 Å². The Bertz CT molecular complexity index is 218. The lowest BCUT2D eigenvalue weighted by molar-refractivity contribution is 0.499. The van der Waals surface area contributed by atoms with E-state index in [1.54, 1.807) is 9.83 Å². The molecule has 2 aliphatic carbocycles. The van der Waals surface area contributed by atoms with Gasteiger partial charge in [0.2, 0.25) is 0 Å². The minimum absolute atomic E-state index is 0.548. The molecule has 1 nitrogen and oxygen atoms in total. The molecule has 1 heterocycles. The summed E-state index contributed by atoms with van der Waals surface area (Å²) in [4.78, 5) is 0. The Morgan fingerprint density at radius 1 is 1.27 bits per heavy atom. The van der Waals surface area contributed by atoms with Crippen LogP contribution in [0.25, 0.3) is 0 Å². The van der Waals surface area contributed by atoms with E-state index in [2.05, 4.69) is 0 Å². The van der Waals surface area contributed by atoms with Gasteiger partial charge in [-0.2, -0.15) is 0 Å². The van der Waals surface area contributed by atoms with Gasteiger partial charge in [-0.05, 0) is 31.1 Å². The topological polar surface area (TPSA) is 17.1 Å². The van der Waals surface area contributed by atoms with Crippen LogP contribution in [-0.4, -0.2) is 14.7 Å². The molecule has 62 valence electrons. The van der Waals surface area contributed by atoms with E-state index in [9.17, 15) is 4.21 Å². The molecule has 3 fully saturated rings. The maximum Gasteiger partial charge on any atom is 0.0957 e. The quantitative estimate of drug-likeness (QED) is 0.566. The van der Waals surface area contributed by atoms with Crippen LogP contribution in [0.4, 0.5) is 0 Å². The predicted molar refractivity (Wildman–Crippen MR) is 51.7 cm³/mol. The third-order valence-corrected chi connectivity index (χ3v) is 9.50. The zero-order valence-corrected chi connectivity index (χ0v) is 8.51. The molecule has 0 amide bonds. The van der Waals surface area contributed by atoms with Crippen molar-refractivity contribution >= 4 is 30.5 Å². The average molecular weight is 206 g/mol. The Morgan fingerprint density at radius 2 is 2.09 bits per heavy atom. The summed E-state index contributed by atoms with van der Waals surface area (Å²) in [5, 5.41) is 1.34. The van der Waals surface area contributed by atoms with Gasteiger partial charge in [-0.3, -0.25) is 0 Å². The number of fused-ring (bicyclic) bond motifs is 5. The van der Waals surface area contributed by atoms with Gasteiger partial charge in [0, 0.05) is 15.1 Å². The maximum atomic E-state index is 11.5. The van der Waals surface area contributed by atoms with Gasteiger partial charge in [0.1, 0.15) is 0 Å². The lowest BCUT2D eigenvalue weighted by Gasteiger charge is -2.20. The van der Waals surface area contributed by atoms with Crippen LogP contribution in [0.5, 0.6) is 0 Å². The van der Waals surface area contributed by atoms with E-state index in [1.807, 2.05) is 10.8 Å². The van der Waals surface area contributed by atoms with E-state index < -0.39 is 9.83 Å². The van der Waals surface area contributed by atoms with E-state index >= 15 is 0 Å². The highest BCUT2D eigenvalue weighted by Crippen LogP contribution is 2.60. The number of hydrogen-bond donors (Lipinski definition) is 0. The summed E-state index contributed by atoms with van der Waals surface area (Å²) >= 11 is 0. The predicted octanol–water partition coefficient (Wildman–Crippen LogP) is 2.21. The molecule has 5 atom stereocenters. The number of hydrogen-bond acceptors (Lipinski definition) is 3. The van der Waals surface area contributed by atoms with Gasteiger partial charge in [0.15, 0.2) is 0 Å². The fourth-order valence-electron chi connectivity index (χ4n) is 2.72. The molecule has 3 aliphatic rings. The van der Waals surface area contributed by atoms with Crippen LogP contribution >= 0.6 is 20.6 Å². The van der Waals surface area contributed by atoms with Crippen molar-refractivity contribution in [2.75, 3.05) is 0 Å². The molecule has 11 heavy (non-hydrogen) atoms. The molecule has 4 heteroatoms. The van der Waals surface area contributed by atoms with Crippen LogP contribution in [0.3, 0.4) is 0 Å². The van der Waals surface area contributed by atoms with Crippen LogP contribution in [0, 0.1) is 11.8 Å². The minimum atomic E-state index is -0.548. The van der Waals surface area contributed by atoms with E-state index in [0.717, 1.165) is 17.1 Å². The molecule has 0 aromatic heterocycles. The van der Waals surface area contributed by atoms with Crippen LogP contribution in [0.2, 0.25) is 0 Å².